The van der Waals surface area contributed by atoms with Crippen molar-refractivity contribution in [2.45, 2.75) is 19.4 Å². The third kappa shape index (κ3) is 6.25. The molecule has 0 aliphatic carbocycles. The van der Waals surface area contributed by atoms with E-state index in [2.05, 4.69) is 29.2 Å². The van der Waals surface area contributed by atoms with E-state index in [-0.39, 0.29) is 11.8 Å². The Balaban J connectivity index is 1.27. The molecule has 1 amide bonds. The minimum Gasteiger partial charge on any atom is -0.378 e. The molecule has 8 heteroatoms. The van der Waals surface area contributed by atoms with E-state index in [1.54, 1.807) is 11.0 Å². The second-order valence-electron chi connectivity index (χ2n) is 8.89. The van der Waals surface area contributed by atoms with Crippen LogP contribution in [0.1, 0.15) is 24.0 Å². The second kappa shape index (κ2) is 11.2. The molecule has 182 valence electrons. The Morgan fingerprint density at radius 3 is 2.29 bits per heavy atom. The topological polar surface area (TPSA) is 70.2 Å². The average Bonchev–Trinajstić information content (AvgIpc) is 2.89. The van der Waals surface area contributed by atoms with Gasteiger partial charge in [0, 0.05) is 56.8 Å². The quantitative estimate of drug-likeness (QED) is 0.605. The number of benzene rings is 2. The molecule has 2 aliphatic rings. The molecule has 0 bridgehead atoms. The van der Waals surface area contributed by atoms with Crippen molar-refractivity contribution < 1.29 is 17.9 Å². The summed E-state index contributed by atoms with van der Waals surface area (Å²) in [5.74, 6) is -0.0729. The van der Waals surface area contributed by atoms with Crippen LogP contribution in [-0.4, -0.2) is 70.0 Å². The normalized spacial score (nSPS) is 18.3. The van der Waals surface area contributed by atoms with E-state index in [4.69, 9.17) is 4.74 Å². The van der Waals surface area contributed by atoms with Crippen LogP contribution in [0.5, 0.6) is 0 Å². The van der Waals surface area contributed by atoms with Crippen LogP contribution in [0.2, 0.25) is 0 Å². The van der Waals surface area contributed by atoms with Gasteiger partial charge in [-0.3, -0.25) is 4.79 Å². The van der Waals surface area contributed by atoms with Gasteiger partial charge in [-0.1, -0.05) is 42.5 Å². The standard InChI is InChI=1S/C26H33N3O4S/c1-27(21-23-7-9-25(10-8-23)28-16-18-33-19-17-28)26(30)24-11-14-29(15-12-24)34(31,32)20-13-22-5-3-2-4-6-22/h2-10,13,20,24H,11-12,14-19,21H2,1H3. The first-order chi connectivity index (χ1) is 16.4. The van der Waals surface area contributed by atoms with E-state index in [1.807, 2.05) is 37.4 Å². The van der Waals surface area contributed by atoms with Gasteiger partial charge in [-0.05, 0) is 42.2 Å². The minimum atomic E-state index is -3.50. The van der Waals surface area contributed by atoms with Gasteiger partial charge in [0.15, 0.2) is 0 Å². The molecular formula is C26H33N3O4S. The highest BCUT2D eigenvalue weighted by Crippen LogP contribution is 2.24. The first kappa shape index (κ1) is 24.4. The molecule has 0 saturated carbocycles. The number of carbonyl (C=O) groups excluding carboxylic acids is 1. The number of carbonyl (C=O) groups is 1. The predicted molar refractivity (Wildman–Crippen MR) is 135 cm³/mol. The van der Waals surface area contributed by atoms with Crippen LogP contribution >= 0.6 is 0 Å². The summed E-state index contributed by atoms with van der Waals surface area (Å²) in [6.45, 7) is 4.56. The lowest BCUT2D eigenvalue weighted by atomic mass is 9.96. The fraction of sp³-hybridized carbons (Fsp3) is 0.423. The van der Waals surface area contributed by atoms with Crippen LogP contribution in [0, 0.1) is 5.92 Å². The van der Waals surface area contributed by atoms with Gasteiger partial charge in [0.2, 0.25) is 15.9 Å². The molecule has 4 rings (SSSR count). The van der Waals surface area contributed by atoms with Crippen molar-refractivity contribution in [3.63, 3.8) is 0 Å². The van der Waals surface area contributed by atoms with E-state index in [1.165, 1.54) is 15.4 Å². The maximum Gasteiger partial charge on any atom is 0.236 e. The van der Waals surface area contributed by atoms with Gasteiger partial charge >= 0.3 is 0 Å². The summed E-state index contributed by atoms with van der Waals surface area (Å²) < 4.78 is 32.3. The SMILES string of the molecule is CN(Cc1ccc(N2CCOCC2)cc1)C(=O)C1CCN(S(=O)(=O)C=Cc2ccccc2)CC1. The summed E-state index contributed by atoms with van der Waals surface area (Å²) in [5, 5.41) is 1.26. The second-order valence-corrected chi connectivity index (χ2v) is 10.7. The highest BCUT2D eigenvalue weighted by molar-refractivity contribution is 7.92. The lowest BCUT2D eigenvalue weighted by molar-refractivity contribution is -0.135. The number of hydrogen-bond donors (Lipinski definition) is 0. The van der Waals surface area contributed by atoms with Crippen LogP contribution in [0.3, 0.4) is 0 Å². The number of hydrogen-bond acceptors (Lipinski definition) is 5. The number of sulfonamides is 1. The monoisotopic (exact) mass is 483 g/mol. The fourth-order valence-electron chi connectivity index (χ4n) is 4.47. The zero-order valence-corrected chi connectivity index (χ0v) is 20.5. The Kier molecular flexibility index (Phi) is 8.03. The molecule has 2 aromatic carbocycles. The van der Waals surface area contributed by atoms with Gasteiger partial charge in [-0.15, -0.1) is 0 Å². The lowest BCUT2D eigenvalue weighted by Crippen LogP contribution is -2.42. The molecule has 2 aliphatic heterocycles. The third-order valence-electron chi connectivity index (χ3n) is 6.50. The van der Waals surface area contributed by atoms with Crippen LogP contribution in [0.25, 0.3) is 6.08 Å². The molecule has 2 saturated heterocycles. The Labute approximate surface area is 202 Å². The summed E-state index contributed by atoms with van der Waals surface area (Å²) in [4.78, 5) is 17.1. The molecule has 0 unspecified atom stereocenters. The van der Waals surface area contributed by atoms with E-state index in [9.17, 15) is 13.2 Å². The molecule has 34 heavy (non-hydrogen) atoms. The van der Waals surface area contributed by atoms with Crippen molar-refractivity contribution in [2.24, 2.45) is 5.92 Å². The molecular weight excluding hydrogens is 450 g/mol. The number of rotatable bonds is 7. The number of ether oxygens (including phenoxy) is 1. The molecule has 2 heterocycles. The zero-order chi connectivity index (χ0) is 24.0. The van der Waals surface area contributed by atoms with Crippen molar-refractivity contribution in [2.75, 3.05) is 51.3 Å². The molecule has 0 atom stereocenters. The Morgan fingerprint density at radius 2 is 1.65 bits per heavy atom. The van der Waals surface area contributed by atoms with Gasteiger partial charge in [0.25, 0.3) is 0 Å². The van der Waals surface area contributed by atoms with Gasteiger partial charge in [0.05, 0.1) is 13.2 Å². The van der Waals surface area contributed by atoms with Crippen molar-refractivity contribution in [3.8, 4) is 0 Å². The van der Waals surface area contributed by atoms with Gasteiger partial charge in [-0.25, -0.2) is 8.42 Å². The molecule has 0 radical (unpaired) electrons. The Bertz CT molecular complexity index is 1070. The number of amides is 1. The molecule has 2 fully saturated rings. The Morgan fingerprint density at radius 1 is 1.00 bits per heavy atom. The molecule has 2 aromatic rings. The van der Waals surface area contributed by atoms with Crippen molar-refractivity contribution >= 4 is 27.7 Å². The summed E-state index contributed by atoms with van der Waals surface area (Å²) in [6, 6.07) is 17.7. The summed E-state index contributed by atoms with van der Waals surface area (Å²) in [5.41, 5.74) is 3.10. The first-order valence-electron chi connectivity index (χ1n) is 11.8. The number of anilines is 1. The molecule has 0 spiro atoms. The van der Waals surface area contributed by atoms with Crippen molar-refractivity contribution in [3.05, 3.63) is 71.1 Å². The molecule has 7 nitrogen and oxygen atoms in total. The maximum atomic E-state index is 13.0. The van der Waals surface area contributed by atoms with Gasteiger partial charge < -0.3 is 14.5 Å². The summed E-state index contributed by atoms with van der Waals surface area (Å²) >= 11 is 0. The van der Waals surface area contributed by atoms with E-state index >= 15 is 0 Å². The summed E-state index contributed by atoms with van der Waals surface area (Å²) in [6.07, 6.45) is 2.69. The van der Waals surface area contributed by atoms with E-state index in [0.29, 0.717) is 32.5 Å². The maximum absolute atomic E-state index is 13.0. The van der Waals surface area contributed by atoms with Crippen LogP contribution < -0.4 is 4.90 Å². The largest absolute Gasteiger partial charge is 0.378 e. The molecule has 0 aromatic heterocycles. The number of morpholine rings is 1. The van der Waals surface area contributed by atoms with Crippen LogP contribution in [-0.2, 0) is 26.1 Å². The first-order valence-corrected chi connectivity index (χ1v) is 13.3. The minimum absolute atomic E-state index is 0.0779. The van der Waals surface area contributed by atoms with Crippen molar-refractivity contribution in [1.82, 2.24) is 9.21 Å². The Hall–Kier alpha value is -2.68. The average molecular weight is 484 g/mol. The summed E-state index contributed by atoms with van der Waals surface area (Å²) in [7, 11) is -1.67. The van der Waals surface area contributed by atoms with Gasteiger partial charge in [0.1, 0.15) is 0 Å². The van der Waals surface area contributed by atoms with Crippen LogP contribution in [0.15, 0.2) is 60.0 Å². The predicted octanol–water partition coefficient (Wildman–Crippen LogP) is 3.19. The van der Waals surface area contributed by atoms with Gasteiger partial charge in [-0.2, -0.15) is 4.31 Å². The number of piperidine rings is 1. The highest BCUT2D eigenvalue weighted by Gasteiger charge is 2.31. The number of nitrogens with zero attached hydrogens (tertiary/aromatic N) is 3. The zero-order valence-electron chi connectivity index (χ0n) is 19.7. The smallest absolute Gasteiger partial charge is 0.236 e. The molecule has 0 N–H and O–H groups in total. The van der Waals surface area contributed by atoms with Crippen molar-refractivity contribution in [1.29, 1.82) is 0 Å². The third-order valence-corrected chi connectivity index (χ3v) is 8.07. The highest BCUT2D eigenvalue weighted by atomic mass is 32.2. The van der Waals surface area contributed by atoms with E-state index < -0.39 is 10.0 Å². The fourth-order valence-corrected chi connectivity index (χ4v) is 5.69. The van der Waals surface area contributed by atoms with Crippen LogP contribution in [0.4, 0.5) is 5.69 Å². The lowest BCUT2D eigenvalue weighted by Gasteiger charge is -2.32. The van der Waals surface area contributed by atoms with E-state index in [0.717, 1.165) is 37.4 Å².